The van der Waals surface area contributed by atoms with Crippen molar-refractivity contribution in [1.82, 2.24) is 15.2 Å². The maximum Gasteiger partial charge on any atom is 0.269 e. The molecule has 0 aromatic carbocycles. The third kappa shape index (κ3) is 3.53. The Morgan fingerprint density at radius 2 is 2.04 bits per heavy atom. The summed E-state index contributed by atoms with van der Waals surface area (Å²) in [4.78, 5) is 16.9. The predicted octanol–water partition coefficient (Wildman–Crippen LogP) is 1.16. The van der Waals surface area contributed by atoms with Crippen LogP contribution in [-0.2, 0) is 0 Å². The van der Waals surface area contributed by atoms with E-state index in [1.54, 1.807) is 12.1 Å². The molecule has 1 aliphatic rings. The molecule has 8 heteroatoms. The van der Waals surface area contributed by atoms with Crippen LogP contribution in [0.2, 0.25) is 0 Å². The van der Waals surface area contributed by atoms with E-state index < -0.39 is 11.7 Å². The van der Waals surface area contributed by atoms with Crippen molar-refractivity contribution in [3.63, 3.8) is 0 Å². The SMILES string of the molecule is NC(=O)c1ccc(N2CCC(Oc3ncccc3F)CC2)nn1. The van der Waals surface area contributed by atoms with Gasteiger partial charge in [-0.05, 0) is 24.3 Å². The average molecular weight is 317 g/mol. The second kappa shape index (κ2) is 6.55. The van der Waals surface area contributed by atoms with E-state index in [1.807, 2.05) is 4.90 Å². The van der Waals surface area contributed by atoms with Gasteiger partial charge in [0.05, 0.1) is 0 Å². The molecular formula is C15H16FN5O2. The number of rotatable bonds is 4. The molecule has 2 N–H and O–H groups in total. The Hall–Kier alpha value is -2.77. The molecule has 0 aliphatic carbocycles. The van der Waals surface area contributed by atoms with Crippen LogP contribution >= 0.6 is 0 Å². The smallest absolute Gasteiger partial charge is 0.269 e. The molecule has 2 aromatic rings. The van der Waals surface area contributed by atoms with E-state index in [0.29, 0.717) is 18.9 Å². The molecule has 120 valence electrons. The molecule has 1 saturated heterocycles. The third-order valence-corrected chi connectivity index (χ3v) is 3.67. The number of hydrogen-bond donors (Lipinski definition) is 1. The lowest BCUT2D eigenvalue weighted by Gasteiger charge is -2.32. The number of anilines is 1. The topological polar surface area (TPSA) is 94.2 Å². The number of primary amides is 1. The minimum absolute atomic E-state index is 0.0385. The van der Waals surface area contributed by atoms with Crippen molar-refractivity contribution in [3.8, 4) is 5.88 Å². The van der Waals surface area contributed by atoms with Crippen molar-refractivity contribution in [3.05, 3.63) is 42.0 Å². The fourth-order valence-electron chi connectivity index (χ4n) is 2.44. The summed E-state index contributed by atoms with van der Waals surface area (Å²) in [6.45, 7) is 1.40. The van der Waals surface area contributed by atoms with Crippen LogP contribution in [0.3, 0.4) is 0 Å². The van der Waals surface area contributed by atoms with Crippen molar-refractivity contribution >= 4 is 11.7 Å². The quantitative estimate of drug-likeness (QED) is 0.909. The van der Waals surface area contributed by atoms with Crippen molar-refractivity contribution in [2.45, 2.75) is 18.9 Å². The first-order valence-corrected chi connectivity index (χ1v) is 7.29. The first kappa shape index (κ1) is 15.1. The molecule has 1 aliphatic heterocycles. The number of ether oxygens (including phenoxy) is 1. The highest BCUT2D eigenvalue weighted by Gasteiger charge is 2.23. The molecule has 1 amide bonds. The molecule has 0 bridgehead atoms. The summed E-state index contributed by atoms with van der Waals surface area (Å²) in [5, 5.41) is 7.80. The van der Waals surface area contributed by atoms with Crippen LogP contribution in [0.4, 0.5) is 10.2 Å². The lowest BCUT2D eigenvalue weighted by molar-refractivity contribution is 0.0994. The van der Waals surface area contributed by atoms with Gasteiger partial charge in [0.15, 0.2) is 17.3 Å². The van der Waals surface area contributed by atoms with Crippen molar-refractivity contribution < 1.29 is 13.9 Å². The summed E-state index contributed by atoms with van der Waals surface area (Å²) in [6, 6.07) is 6.12. The van der Waals surface area contributed by atoms with Gasteiger partial charge in [0, 0.05) is 32.1 Å². The Morgan fingerprint density at radius 3 is 2.65 bits per heavy atom. The number of nitrogens with zero attached hydrogens (tertiary/aromatic N) is 4. The first-order valence-electron chi connectivity index (χ1n) is 7.29. The van der Waals surface area contributed by atoms with E-state index in [2.05, 4.69) is 15.2 Å². The number of halogens is 1. The van der Waals surface area contributed by atoms with Gasteiger partial charge < -0.3 is 15.4 Å². The summed E-state index contributed by atoms with van der Waals surface area (Å²) in [5.41, 5.74) is 5.27. The Morgan fingerprint density at radius 1 is 1.26 bits per heavy atom. The van der Waals surface area contributed by atoms with Crippen LogP contribution in [0, 0.1) is 5.82 Å². The van der Waals surface area contributed by atoms with E-state index in [1.165, 1.54) is 18.3 Å². The first-order chi connectivity index (χ1) is 11.1. The van der Waals surface area contributed by atoms with E-state index in [4.69, 9.17) is 10.5 Å². The van der Waals surface area contributed by atoms with Gasteiger partial charge in [0.25, 0.3) is 11.8 Å². The molecule has 23 heavy (non-hydrogen) atoms. The number of aromatic nitrogens is 3. The summed E-state index contributed by atoms with van der Waals surface area (Å²) in [6.07, 6.45) is 2.85. The van der Waals surface area contributed by atoms with Crippen molar-refractivity contribution in [2.75, 3.05) is 18.0 Å². The summed E-state index contributed by atoms with van der Waals surface area (Å²) in [7, 11) is 0. The summed E-state index contributed by atoms with van der Waals surface area (Å²) in [5.74, 6) is -0.342. The van der Waals surface area contributed by atoms with Crippen LogP contribution in [0.5, 0.6) is 5.88 Å². The molecule has 2 aromatic heterocycles. The summed E-state index contributed by atoms with van der Waals surface area (Å²) >= 11 is 0. The molecule has 0 unspecified atom stereocenters. The van der Waals surface area contributed by atoms with E-state index in [-0.39, 0.29) is 17.7 Å². The van der Waals surface area contributed by atoms with Gasteiger partial charge in [-0.25, -0.2) is 9.37 Å². The fourth-order valence-corrected chi connectivity index (χ4v) is 2.44. The van der Waals surface area contributed by atoms with Crippen LogP contribution in [0.25, 0.3) is 0 Å². The fraction of sp³-hybridized carbons (Fsp3) is 0.333. The van der Waals surface area contributed by atoms with Gasteiger partial charge in [0.1, 0.15) is 6.10 Å². The van der Waals surface area contributed by atoms with Crippen molar-refractivity contribution in [1.29, 1.82) is 0 Å². The normalized spacial score (nSPS) is 15.4. The van der Waals surface area contributed by atoms with Gasteiger partial charge in [-0.15, -0.1) is 10.2 Å². The minimum Gasteiger partial charge on any atom is -0.472 e. The Bertz CT molecular complexity index is 687. The number of nitrogens with two attached hydrogens (primary N) is 1. The van der Waals surface area contributed by atoms with Gasteiger partial charge in [-0.2, -0.15) is 0 Å². The van der Waals surface area contributed by atoms with E-state index in [9.17, 15) is 9.18 Å². The monoisotopic (exact) mass is 317 g/mol. The largest absolute Gasteiger partial charge is 0.472 e. The second-order valence-corrected chi connectivity index (χ2v) is 5.24. The van der Waals surface area contributed by atoms with Gasteiger partial charge in [0.2, 0.25) is 0 Å². The molecule has 1 fully saturated rings. The lowest BCUT2D eigenvalue weighted by atomic mass is 10.1. The number of amides is 1. The molecule has 7 nitrogen and oxygen atoms in total. The Kier molecular flexibility index (Phi) is 4.31. The Labute approximate surface area is 132 Å². The van der Waals surface area contributed by atoms with Crippen LogP contribution in [0.15, 0.2) is 30.5 Å². The average Bonchev–Trinajstić information content (AvgIpc) is 2.58. The highest BCUT2D eigenvalue weighted by molar-refractivity contribution is 5.90. The Balaban J connectivity index is 1.58. The highest BCUT2D eigenvalue weighted by atomic mass is 19.1. The minimum atomic E-state index is -0.603. The maximum absolute atomic E-state index is 13.5. The van der Waals surface area contributed by atoms with Crippen molar-refractivity contribution in [2.24, 2.45) is 5.73 Å². The zero-order valence-electron chi connectivity index (χ0n) is 12.4. The lowest BCUT2D eigenvalue weighted by Crippen LogP contribution is -2.39. The molecular weight excluding hydrogens is 301 g/mol. The zero-order valence-corrected chi connectivity index (χ0v) is 12.4. The molecule has 3 heterocycles. The van der Waals surface area contributed by atoms with E-state index in [0.717, 1.165) is 12.8 Å². The van der Waals surface area contributed by atoms with Gasteiger partial charge in [-0.1, -0.05) is 0 Å². The highest BCUT2D eigenvalue weighted by Crippen LogP contribution is 2.22. The van der Waals surface area contributed by atoms with Crippen LogP contribution in [-0.4, -0.2) is 40.3 Å². The van der Waals surface area contributed by atoms with E-state index >= 15 is 0 Å². The third-order valence-electron chi connectivity index (χ3n) is 3.67. The second-order valence-electron chi connectivity index (χ2n) is 5.24. The standard InChI is InChI=1S/C15H16FN5O2/c16-11-2-1-7-18-15(11)23-10-5-8-21(9-6-10)13-4-3-12(14(17)22)19-20-13/h1-4,7,10H,5-6,8-9H2,(H2,17,22). The predicted molar refractivity (Wildman–Crippen MR) is 80.6 cm³/mol. The van der Waals surface area contributed by atoms with Crippen LogP contribution in [0.1, 0.15) is 23.3 Å². The number of carbonyl (C=O) groups is 1. The van der Waals surface area contributed by atoms with Crippen LogP contribution < -0.4 is 15.4 Å². The molecule has 0 radical (unpaired) electrons. The molecule has 0 spiro atoms. The number of piperidine rings is 1. The van der Waals surface area contributed by atoms with Gasteiger partial charge >= 0.3 is 0 Å². The summed E-state index contributed by atoms with van der Waals surface area (Å²) < 4.78 is 19.1. The molecule has 3 rings (SSSR count). The number of pyridine rings is 1. The maximum atomic E-state index is 13.5. The molecule has 0 atom stereocenters. The number of carbonyl (C=O) groups excluding carboxylic acids is 1. The zero-order chi connectivity index (χ0) is 16.2. The number of hydrogen-bond acceptors (Lipinski definition) is 6. The molecule has 0 saturated carbocycles. The van der Waals surface area contributed by atoms with Gasteiger partial charge in [-0.3, -0.25) is 4.79 Å².